The molecule has 3 aromatic carbocycles. The monoisotopic (exact) mass is 350 g/mol. The highest BCUT2D eigenvalue weighted by molar-refractivity contribution is 7.92. The van der Waals surface area contributed by atoms with Crippen LogP contribution < -0.4 is 10.2 Å². The third kappa shape index (κ3) is 2.66. The molecule has 0 radical (unpaired) electrons. The molecule has 0 amide bonds. The van der Waals surface area contributed by atoms with Crippen LogP contribution in [0.5, 0.6) is 0 Å². The van der Waals surface area contributed by atoms with Crippen LogP contribution in [0.2, 0.25) is 0 Å². The van der Waals surface area contributed by atoms with E-state index in [4.69, 9.17) is 0 Å². The molecule has 0 spiro atoms. The normalized spacial score (nSPS) is 11.7. The average molecular weight is 350 g/mol. The van der Waals surface area contributed by atoms with Gasteiger partial charge in [-0.25, -0.2) is 8.42 Å². The zero-order chi connectivity index (χ0) is 17.4. The minimum atomic E-state index is -3.74. The number of fused-ring (bicyclic) bond motifs is 2. The molecule has 1 heterocycles. The van der Waals surface area contributed by atoms with Crippen molar-refractivity contribution < 1.29 is 8.42 Å². The Balaban J connectivity index is 1.93. The van der Waals surface area contributed by atoms with E-state index >= 15 is 0 Å². The summed E-state index contributed by atoms with van der Waals surface area (Å²) in [4.78, 5) is 16.0. The molecule has 0 unspecified atom stereocenters. The van der Waals surface area contributed by atoms with Crippen molar-refractivity contribution in [2.75, 3.05) is 4.72 Å². The third-order valence-corrected chi connectivity index (χ3v) is 5.42. The number of para-hydroxylation sites is 2. The SMILES string of the molecule is O=c1c2ccccc2[nH]c2c(NS(=O)(=O)c3ccccc3)cccc12. The van der Waals surface area contributed by atoms with Crippen LogP contribution in [-0.2, 0) is 10.0 Å². The summed E-state index contributed by atoms with van der Waals surface area (Å²) in [6, 6.07) is 20.2. The Kier molecular flexibility index (Phi) is 3.54. The molecule has 0 aliphatic carbocycles. The molecule has 0 atom stereocenters. The van der Waals surface area contributed by atoms with Gasteiger partial charge < -0.3 is 4.98 Å². The van der Waals surface area contributed by atoms with Crippen LogP contribution >= 0.6 is 0 Å². The number of sulfonamides is 1. The highest BCUT2D eigenvalue weighted by Gasteiger charge is 2.16. The second-order valence-electron chi connectivity index (χ2n) is 5.65. The zero-order valence-electron chi connectivity index (χ0n) is 13.1. The van der Waals surface area contributed by atoms with Gasteiger partial charge in [0.15, 0.2) is 5.43 Å². The topological polar surface area (TPSA) is 79.0 Å². The molecule has 0 bridgehead atoms. The molecule has 4 rings (SSSR count). The van der Waals surface area contributed by atoms with Crippen molar-refractivity contribution in [3.63, 3.8) is 0 Å². The summed E-state index contributed by atoms with van der Waals surface area (Å²) in [6.07, 6.45) is 0. The van der Waals surface area contributed by atoms with Crippen molar-refractivity contribution in [2.24, 2.45) is 0 Å². The van der Waals surface area contributed by atoms with Crippen LogP contribution in [0.3, 0.4) is 0 Å². The Bertz CT molecular complexity index is 1250. The van der Waals surface area contributed by atoms with E-state index < -0.39 is 10.0 Å². The van der Waals surface area contributed by atoms with Gasteiger partial charge in [-0.15, -0.1) is 0 Å². The van der Waals surface area contributed by atoms with Gasteiger partial charge in [0.05, 0.1) is 16.1 Å². The fourth-order valence-corrected chi connectivity index (χ4v) is 3.93. The van der Waals surface area contributed by atoms with Crippen molar-refractivity contribution in [2.45, 2.75) is 4.90 Å². The van der Waals surface area contributed by atoms with Gasteiger partial charge in [-0.05, 0) is 36.4 Å². The summed E-state index contributed by atoms with van der Waals surface area (Å²) >= 11 is 0. The lowest BCUT2D eigenvalue weighted by Crippen LogP contribution is -2.14. The van der Waals surface area contributed by atoms with E-state index in [1.165, 1.54) is 12.1 Å². The van der Waals surface area contributed by atoms with E-state index in [9.17, 15) is 13.2 Å². The van der Waals surface area contributed by atoms with Gasteiger partial charge >= 0.3 is 0 Å². The maximum absolute atomic E-state index is 12.7. The van der Waals surface area contributed by atoms with Crippen LogP contribution in [0, 0.1) is 0 Å². The molecule has 5 nitrogen and oxygen atoms in total. The van der Waals surface area contributed by atoms with Crippen LogP contribution in [0.25, 0.3) is 21.8 Å². The predicted molar refractivity (Wildman–Crippen MR) is 99.3 cm³/mol. The van der Waals surface area contributed by atoms with Gasteiger partial charge in [0.2, 0.25) is 0 Å². The number of rotatable bonds is 3. The third-order valence-electron chi connectivity index (χ3n) is 4.04. The quantitative estimate of drug-likeness (QED) is 0.555. The van der Waals surface area contributed by atoms with Gasteiger partial charge in [-0.1, -0.05) is 36.4 Å². The van der Waals surface area contributed by atoms with Crippen LogP contribution in [0.1, 0.15) is 0 Å². The van der Waals surface area contributed by atoms with Crippen molar-refractivity contribution in [1.82, 2.24) is 4.98 Å². The summed E-state index contributed by atoms with van der Waals surface area (Å²) in [5.74, 6) is 0. The Morgan fingerprint density at radius 1 is 0.760 bits per heavy atom. The van der Waals surface area contributed by atoms with E-state index in [0.29, 0.717) is 27.5 Å². The smallest absolute Gasteiger partial charge is 0.261 e. The highest BCUT2D eigenvalue weighted by Crippen LogP contribution is 2.24. The lowest BCUT2D eigenvalue weighted by Gasteiger charge is -2.11. The number of aromatic amines is 1. The van der Waals surface area contributed by atoms with Gasteiger partial charge in [-0.2, -0.15) is 0 Å². The summed E-state index contributed by atoms with van der Waals surface area (Å²) < 4.78 is 27.8. The van der Waals surface area contributed by atoms with Gasteiger partial charge in [-0.3, -0.25) is 9.52 Å². The second-order valence-corrected chi connectivity index (χ2v) is 7.33. The zero-order valence-corrected chi connectivity index (χ0v) is 13.9. The first-order valence-electron chi connectivity index (χ1n) is 7.68. The maximum Gasteiger partial charge on any atom is 0.261 e. The van der Waals surface area contributed by atoms with Crippen molar-refractivity contribution in [3.05, 3.63) is 83.0 Å². The minimum absolute atomic E-state index is 0.134. The molecule has 6 heteroatoms. The molecule has 0 aliphatic heterocycles. The van der Waals surface area contributed by atoms with E-state index in [1.54, 1.807) is 54.6 Å². The number of anilines is 1. The molecule has 1 aromatic heterocycles. The molecule has 0 saturated carbocycles. The molecule has 0 saturated heterocycles. The second kappa shape index (κ2) is 5.75. The Morgan fingerprint density at radius 3 is 2.24 bits per heavy atom. The van der Waals surface area contributed by atoms with Crippen LogP contribution in [0.15, 0.2) is 82.5 Å². The van der Waals surface area contributed by atoms with Crippen molar-refractivity contribution in [1.29, 1.82) is 0 Å². The molecule has 0 aliphatic rings. The number of nitrogens with one attached hydrogen (secondary N) is 2. The van der Waals surface area contributed by atoms with E-state index in [1.807, 2.05) is 6.07 Å². The molecular formula is C19H14N2O3S. The summed E-state index contributed by atoms with van der Waals surface area (Å²) in [7, 11) is -3.74. The van der Waals surface area contributed by atoms with Crippen molar-refractivity contribution >= 4 is 37.5 Å². The average Bonchev–Trinajstić information content (AvgIpc) is 2.63. The number of hydrogen-bond donors (Lipinski definition) is 2. The number of pyridine rings is 1. The first-order valence-corrected chi connectivity index (χ1v) is 9.16. The van der Waals surface area contributed by atoms with Gasteiger partial charge in [0, 0.05) is 16.3 Å². The number of H-pyrrole nitrogens is 1. The number of aromatic nitrogens is 1. The molecular weight excluding hydrogens is 336 g/mol. The van der Waals surface area contributed by atoms with Crippen molar-refractivity contribution in [3.8, 4) is 0 Å². The molecule has 2 N–H and O–H groups in total. The number of hydrogen-bond acceptors (Lipinski definition) is 3. The standard InChI is InChI=1S/C19H14N2O3S/c22-19-14-9-4-5-11-16(14)20-18-15(19)10-6-12-17(18)21-25(23,24)13-7-2-1-3-8-13/h1-12,21H,(H,20,22). The molecule has 124 valence electrons. The molecule has 4 aromatic rings. The molecule has 25 heavy (non-hydrogen) atoms. The fraction of sp³-hybridized carbons (Fsp3) is 0. The Labute approximate surface area is 144 Å². The lowest BCUT2D eigenvalue weighted by atomic mass is 10.1. The first-order chi connectivity index (χ1) is 12.1. The first kappa shape index (κ1) is 15.4. The van der Waals surface area contributed by atoms with Gasteiger partial charge in [0.25, 0.3) is 10.0 Å². The molecule has 0 fully saturated rings. The summed E-state index contributed by atoms with van der Waals surface area (Å²) in [5, 5.41) is 1.00. The number of benzene rings is 3. The van der Waals surface area contributed by atoms with Gasteiger partial charge in [0.1, 0.15) is 0 Å². The largest absolute Gasteiger partial charge is 0.353 e. The van der Waals surface area contributed by atoms with Crippen LogP contribution in [-0.4, -0.2) is 13.4 Å². The fourth-order valence-electron chi connectivity index (χ4n) is 2.83. The van der Waals surface area contributed by atoms with E-state index in [0.717, 1.165) is 0 Å². The predicted octanol–water partition coefficient (Wildman–Crippen LogP) is 3.48. The summed E-state index contributed by atoms with van der Waals surface area (Å²) in [6.45, 7) is 0. The van der Waals surface area contributed by atoms with E-state index in [2.05, 4.69) is 9.71 Å². The highest BCUT2D eigenvalue weighted by atomic mass is 32.2. The minimum Gasteiger partial charge on any atom is -0.353 e. The lowest BCUT2D eigenvalue weighted by molar-refractivity contribution is 0.601. The Morgan fingerprint density at radius 2 is 1.44 bits per heavy atom. The summed E-state index contributed by atoms with van der Waals surface area (Å²) in [5.41, 5.74) is 1.33. The van der Waals surface area contributed by atoms with Crippen LogP contribution in [0.4, 0.5) is 5.69 Å². The Hall–Kier alpha value is -3.12. The van der Waals surface area contributed by atoms with E-state index in [-0.39, 0.29) is 10.3 Å². The maximum atomic E-state index is 12.7.